The first-order valence-corrected chi connectivity index (χ1v) is 7.72. The monoisotopic (exact) mass is 286 g/mol. The van der Waals surface area contributed by atoms with Gasteiger partial charge in [-0.25, -0.2) is 0 Å². The normalized spacial score (nSPS) is 11.3. The zero-order valence-electron chi connectivity index (χ0n) is 13.6. The zero-order valence-corrected chi connectivity index (χ0v) is 13.6. The highest BCUT2D eigenvalue weighted by Crippen LogP contribution is 2.25. The molecular formula is C19H26O2. The molecule has 0 amide bonds. The molecule has 1 aromatic carbocycles. The minimum Gasteiger partial charge on any atom is -0.300 e. The Morgan fingerprint density at radius 1 is 1.19 bits per heavy atom. The number of carbonyl (C=O) groups is 2. The number of aryl methyl sites for hydroxylation is 1. The van der Waals surface area contributed by atoms with Crippen molar-refractivity contribution in [2.75, 3.05) is 0 Å². The average molecular weight is 286 g/mol. The Balaban J connectivity index is 2.80. The number of unbranched alkanes of at least 4 members (excludes halogenated alkanes) is 2. The Bertz CT molecular complexity index is 525. The molecule has 0 spiro atoms. The van der Waals surface area contributed by atoms with E-state index < -0.39 is 0 Å². The molecule has 114 valence electrons. The van der Waals surface area contributed by atoms with Gasteiger partial charge in [0, 0.05) is 12.0 Å². The number of carbonyl (C=O) groups excluding carboxylic acids is 2. The molecule has 0 aromatic heterocycles. The fourth-order valence-electron chi connectivity index (χ4n) is 2.46. The van der Waals surface area contributed by atoms with E-state index in [1.165, 1.54) is 0 Å². The van der Waals surface area contributed by atoms with Crippen molar-refractivity contribution in [2.45, 2.75) is 59.3 Å². The number of hydrogen-bond acceptors (Lipinski definition) is 2. The predicted octanol–water partition coefficient (Wildman–Crippen LogP) is 5.09. The van der Waals surface area contributed by atoms with E-state index in [2.05, 4.69) is 32.1 Å². The largest absolute Gasteiger partial charge is 0.300 e. The van der Waals surface area contributed by atoms with Crippen molar-refractivity contribution in [3.05, 3.63) is 40.5 Å². The van der Waals surface area contributed by atoms with E-state index in [0.29, 0.717) is 12.3 Å². The van der Waals surface area contributed by atoms with Crippen LogP contribution in [0, 0.1) is 6.92 Å². The van der Waals surface area contributed by atoms with Crippen molar-refractivity contribution in [1.82, 2.24) is 0 Å². The maximum Gasteiger partial charge on any atom is 0.150 e. The molecule has 0 saturated heterocycles. The maximum atomic E-state index is 11.4. The van der Waals surface area contributed by atoms with Crippen LogP contribution in [0.4, 0.5) is 0 Å². The highest BCUT2D eigenvalue weighted by Gasteiger charge is 2.11. The summed E-state index contributed by atoms with van der Waals surface area (Å²) in [5.74, 6) is 0.594. The molecule has 2 nitrogen and oxygen atoms in total. The van der Waals surface area contributed by atoms with Crippen LogP contribution < -0.4 is 0 Å². The topological polar surface area (TPSA) is 34.1 Å². The summed E-state index contributed by atoms with van der Waals surface area (Å²) in [4.78, 5) is 22.3. The van der Waals surface area contributed by atoms with Crippen LogP contribution in [0.5, 0.6) is 0 Å². The first-order chi connectivity index (χ1) is 9.97. The van der Waals surface area contributed by atoms with Crippen LogP contribution in [-0.4, -0.2) is 12.1 Å². The molecular weight excluding hydrogens is 260 g/mol. The van der Waals surface area contributed by atoms with Gasteiger partial charge in [0.2, 0.25) is 0 Å². The van der Waals surface area contributed by atoms with Crippen LogP contribution in [0.2, 0.25) is 0 Å². The molecule has 0 heterocycles. The summed E-state index contributed by atoms with van der Waals surface area (Å²) >= 11 is 0. The molecule has 0 aliphatic carbocycles. The smallest absolute Gasteiger partial charge is 0.150 e. The predicted molar refractivity (Wildman–Crippen MR) is 88.8 cm³/mol. The van der Waals surface area contributed by atoms with E-state index in [1.807, 2.05) is 13.0 Å². The molecule has 0 aliphatic rings. The lowest BCUT2D eigenvalue weighted by atomic mass is 9.91. The molecule has 0 unspecified atom stereocenters. The van der Waals surface area contributed by atoms with Gasteiger partial charge in [0.25, 0.3) is 0 Å². The second-order valence-corrected chi connectivity index (χ2v) is 5.92. The minimum atomic E-state index is 0.252. The fourth-order valence-corrected chi connectivity index (χ4v) is 2.46. The summed E-state index contributed by atoms with van der Waals surface area (Å²) in [6, 6.07) is 4.13. The van der Waals surface area contributed by atoms with Crippen molar-refractivity contribution in [3.8, 4) is 0 Å². The van der Waals surface area contributed by atoms with Crippen LogP contribution in [0.25, 0.3) is 6.08 Å². The number of rotatable bonds is 8. The minimum absolute atomic E-state index is 0.252. The molecule has 0 aliphatic heterocycles. The number of Topliss-reactive ketones (excluding diaryl/α,β-unsaturated/α-hetero) is 1. The molecule has 0 N–H and O–H groups in total. The fraction of sp³-hybridized carbons (Fsp3) is 0.474. The second-order valence-electron chi connectivity index (χ2n) is 5.92. The molecule has 0 atom stereocenters. The van der Waals surface area contributed by atoms with E-state index in [9.17, 15) is 9.59 Å². The van der Waals surface area contributed by atoms with Crippen molar-refractivity contribution < 1.29 is 9.59 Å². The SMILES string of the molecule is CC(=O)CCCC/C=C\c1c(C)ccc(C(C)C)c1C=O. The van der Waals surface area contributed by atoms with Crippen molar-refractivity contribution in [1.29, 1.82) is 0 Å². The summed E-state index contributed by atoms with van der Waals surface area (Å²) in [7, 11) is 0. The first kappa shape index (κ1) is 17.4. The quantitative estimate of drug-likeness (QED) is 0.492. The van der Waals surface area contributed by atoms with Gasteiger partial charge in [0.05, 0.1) is 0 Å². The Kier molecular flexibility index (Phi) is 7.07. The van der Waals surface area contributed by atoms with Crippen molar-refractivity contribution in [2.24, 2.45) is 0 Å². The lowest BCUT2D eigenvalue weighted by Gasteiger charge is -2.13. The van der Waals surface area contributed by atoms with Gasteiger partial charge in [-0.2, -0.15) is 0 Å². The van der Waals surface area contributed by atoms with Gasteiger partial charge in [-0.1, -0.05) is 38.1 Å². The second kappa shape index (κ2) is 8.56. The number of hydrogen-bond donors (Lipinski definition) is 0. The highest BCUT2D eigenvalue weighted by atomic mass is 16.1. The van der Waals surface area contributed by atoms with E-state index in [-0.39, 0.29) is 5.78 Å². The Morgan fingerprint density at radius 3 is 2.48 bits per heavy atom. The molecule has 1 rings (SSSR count). The Labute approximate surface area is 128 Å². The van der Waals surface area contributed by atoms with Crippen molar-refractivity contribution >= 4 is 18.1 Å². The molecule has 2 heteroatoms. The molecule has 0 saturated carbocycles. The summed E-state index contributed by atoms with van der Waals surface area (Å²) in [5, 5.41) is 0. The number of benzene rings is 1. The van der Waals surface area contributed by atoms with Gasteiger partial charge in [-0.3, -0.25) is 4.79 Å². The van der Waals surface area contributed by atoms with Crippen LogP contribution in [0.3, 0.4) is 0 Å². The lowest BCUT2D eigenvalue weighted by Crippen LogP contribution is -2.00. The number of aldehydes is 1. The summed E-state index contributed by atoms with van der Waals surface area (Å²) in [6.45, 7) is 7.87. The van der Waals surface area contributed by atoms with E-state index in [0.717, 1.165) is 47.8 Å². The third-order valence-corrected chi connectivity index (χ3v) is 3.71. The van der Waals surface area contributed by atoms with E-state index >= 15 is 0 Å². The first-order valence-electron chi connectivity index (χ1n) is 7.72. The van der Waals surface area contributed by atoms with E-state index in [1.54, 1.807) is 6.92 Å². The van der Waals surface area contributed by atoms with Crippen LogP contribution in [0.15, 0.2) is 18.2 Å². The van der Waals surface area contributed by atoms with Gasteiger partial charge < -0.3 is 4.79 Å². The maximum absolute atomic E-state index is 11.4. The number of allylic oxidation sites excluding steroid dienone is 1. The van der Waals surface area contributed by atoms with Crippen molar-refractivity contribution in [3.63, 3.8) is 0 Å². The van der Waals surface area contributed by atoms with Gasteiger partial charge in [-0.15, -0.1) is 0 Å². The summed E-state index contributed by atoms with van der Waals surface area (Å²) in [6.07, 6.45) is 8.68. The van der Waals surface area contributed by atoms with Crippen LogP contribution in [0.1, 0.15) is 79.4 Å². The van der Waals surface area contributed by atoms with Gasteiger partial charge in [0.15, 0.2) is 6.29 Å². The molecule has 21 heavy (non-hydrogen) atoms. The van der Waals surface area contributed by atoms with Gasteiger partial charge in [0.1, 0.15) is 5.78 Å². The van der Waals surface area contributed by atoms with E-state index in [4.69, 9.17) is 0 Å². The Hall–Kier alpha value is -1.70. The number of ketones is 1. The van der Waals surface area contributed by atoms with Gasteiger partial charge in [-0.05, 0) is 55.7 Å². The summed E-state index contributed by atoms with van der Waals surface area (Å²) in [5.41, 5.74) is 4.07. The van der Waals surface area contributed by atoms with Crippen LogP contribution >= 0.6 is 0 Å². The molecule has 0 bridgehead atoms. The standard InChI is InChI=1S/C19H26O2/c1-14(2)17-12-11-15(3)18(19(17)13-20)10-8-6-5-7-9-16(4)21/h8,10-14H,5-7,9H2,1-4H3/b10-8-. The van der Waals surface area contributed by atoms with Gasteiger partial charge >= 0.3 is 0 Å². The molecule has 1 aromatic rings. The lowest BCUT2D eigenvalue weighted by molar-refractivity contribution is -0.117. The third-order valence-electron chi connectivity index (χ3n) is 3.71. The van der Waals surface area contributed by atoms with Crippen LogP contribution in [-0.2, 0) is 4.79 Å². The Morgan fingerprint density at radius 2 is 1.90 bits per heavy atom. The summed E-state index contributed by atoms with van der Waals surface area (Å²) < 4.78 is 0. The third kappa shape index (κ3) is 5.30. The average Bonchev–Trinajstić information content (AvgIpc) is 2.42. The molecule has 0 fully saturated rings. The molecule has 0 radical (unpaired) electrons. The highest BCUT2D eigenvalue weighted by molar-refractivity contribution is 5.85. The zero-order chi connectivity index (χ0) is 15.8.